The van der Waals surface area contributed by atoms with E-state index < -0.39 is 47.0 Å². The van der Waals surface area contributed by atoms with Gasteiger partial charge in [-0.3, -0.25) is 14.4 Å². The highest BCUT2D eigenvalue weighted by atomic mass is 16.7. The van der Waals surface area contributed by atoms with E-state index in [4.69, 9.17) is 18.9 Å². The topological polar surface area (TPSA) is 137 Å². The number of nitrogens with one attached hydrogen (secondary N) is 1. The molecule has 10 heteroatoms. The van der Waals surface area contributed by atoms with Gasteiger partial charge in [-0.1, -0.05) is 19.9 Å². The Hall–Kier alpha value is -3.14. The summed E-state index contributed by atoms with van der Waals surface area (Å²) in [6.45, 7) is 14.2. The molecule has 0 radical (unpaired) electrons. The fourth-order valence-electron chi connectivity index (χ4n) is 2.76. The zero-order valence-electron chi connectivity index (χ0n) is 23.1. The van der Waals surface area contributed by atoms with Gasteiger partial charge in [0.25, 0.3) is 0 Å². The first-order valence-electron chi connectivity index (χ1n) is 12.5. The number of ether oxygens (including phenoxy) is 4. The van der Waals surface area contributed by atoms with Gasteiger partial charge in [-0.05, 0) is 78.5 Å². The predicted octanol–water partition coefficient (Wildman–Crippen LogP) is 4.52. The molecule has 0 fully saturated rings. The molecular formula is C27H41NO9. The number of carboxylic acids is 1. The lowest BCUT2D eigenvalue weighted by Crippen LogP contribution is -2.42. The van der Waals surface area contributed by atoms with Gasteiger partial charge in [-0.15, -0.1) is 0 Å². The second-order valence-corrected chi connectivity index (χ2v) is 10.1. The van der Waals surface area contributed by atoms with E-state index in [1.54, 1.807) is 47.6 Å². The number of aliphatic carboxylic acids is 1. The van der Waals surface area contributed by atoms with Crippen molar-refractivity contribution in [3.05, 3.63) is 23.8 Å². The minimum atomic E-state index is -1.12. The zero-order chi connectivity index (χ0) is 28.4. The van der Waals surface area contributed by atoms with E-state index in [-0.39, 0.29) is 31.1 Å². The normalized spacial score (nSPS) is 13.3. The molecule has 10 nitrogen and oxygen atoms in total. The summed E-state index contributed by atoms with van der Waals surface area (Å²) in [5.41, 5.74) is -0.991. The number of benzene rings is 1. The second-order valence-electron chi connectivity index (χ2n) is 10.1. The van der Waals surface area contributed by atoms with E-state index in [2.05, 4.69) is 5.32 Å². The van der Waals surface area contributed by atoms with Crippen LogP contribution >= 0.6 is 0 Å². The maximum atomic E-state index is 12.8. The number of hydrogen-bond acceptors (Lipinski definition) is 9. The maximum absolute atomic E-state index is 12.8. The van der Waals surface area contributed by atoms with Gasteiger partial charge in [0.1, 0.15) is 12.1 Å². The first-order valence-corrected chi connectivity index (χ1v) is 12.5. The number of carbonyl (C=O) groups excluding carboxylic acids is 3. The quantitative estimate of drug-likeness (QED) is 0.264. The number of esters is 2. The molecule has 1 aromatic carbocycles. The van der Waals surface area contributed by atoms with Gasteiger partial charge in [-0.2, -0.15) is 0 Å². The van der Waals surface area contributed by atoms with Crippen molar-refractivity contribution < 1.29 is 43.2 Å². The van der Waals surface area contributed by atoms with Crippen molar-refractivity contribution in [3.8, 4) is 11.5 Å². The van der Waals surface area contributed by atoms with E-state index in [9.17, 15) is 24.3 Å². The van der Waals surface area contributed by atoms with Crippen LogP contribution in [0.25, 0.3) is 0 Å². The smallest absolute Gasteiger partial charge is 0.480 e. The van der Waals surface area contributed by atoms with Crippen molar-refractivity contribution in [1.82, 2.24) is 5.32 Å². The Morgan fingerprint density at radius 1 is 0.919 bits per heavy atom. The molecule has 208 valence electrons. The van der Waals surface area contributed by atoms with Crippen LogP contribution in [0.3, 0.4) is 0 Å². The molecule has 0 spiro atoms. The van der Waals surface area contributed by atoms with Crippen LogP contribution in [0.2, 0.25) is 0 Å². The highest BCUT2D eigenvalue weighted by Crippen LogP contribution is 2.34. The van der Waals surface area contributed by atoms with Crippen molar-refractivity contribution in [2.45, 2.75) is 86.8 Å². The number of carbonyl (C=O) groups is 4. The largest absolute Gasteiger partial charge is 0.508 e. The fraction of sp³-hybridized carbons (Fsp3) is 0.630. The summed E-state index contributed by atoms with van der Waals surface area (Å²) >= 11 is 0. The molecule has 0 amide bonds. The van der Waals surface area contributed by atoms with Crippen molar-refractivity contribution in [2.24, 2.45) is 10.8 Å². The van der Waals surface area contributed by atoms with Gasteiger partial charge in [0.15, 0.2) is 11.5 Å². The summed E-state index contributed by atoms with van der Waals surface area (Å²) < 4.78 is 21.0. The summed E-state index contributed by atoms with van der Waals surface area (Å²) in [4.78, 5) is 48.8. The van der Waals surface area contributed by atoms with Crippen molar-refractivity contribution in [3.63, 3.8) is 0 Å². The zero-order valence-corrected chi connectivity index (χ0v) is 23.1. The fourth-order valence-corrected chi connectivity index (χ4v) is 2.76. The maximum Gasteiger partial charge on any atom is 0.508 e. The lowest BCUT2D eigenvalue weighted by molar-refractivity contribution is -0.147. The second kappa shape index (κ2) is 14.0. The molecule has 2 atom stereocenters. The first kappa shape index (κ1) is 31.9. The summed E-state index contributed by atoms with van der Waals surface area (Å²) in [5, 5.41) is 12.6. The first-order chi connectivity index (χ1) is 17.2. The molecule has 1 rings (SSSR count). The van der Waals surface area contributed by atoms with Gasteiger partial charge in [0.2, 0.25) is 0 Å². The van der Waals surface area contributed by atoms with E-state index in [0.29, 0.717) is 18.4 Å². The van der Waals surface area contributed by atoms with Crippen LogP contribution in [0, 0.1) is 10.8 Å². The van der Waals surface area contributed by atoms with E-state index in [1.807, 2.05) is 13.8 Å². The third-order valence-electron chi connectivity index (χ3n) is 6.24. The Morgan fingerprint density at radius 2 is 1.46 bits per heavy atom. The Kier molecular flexibility index (Phi) is 12.0. The number of hydrogen-bond donors (Lipinski definition) is 2. The minimum Gasteiger partial charge on any atom is -0.480 e. The summed E-state index contributed by atoms with van der Waals surface area (Å²) in [6, 6.07) is 3.57. The van der Waals surface area contributed by atoms with Crippen LogP contribution in [-0.2, 0) is 30.3 Å². The van der Waals surface area contributed by atoms with E-state index in [0.717, 1.165) is 0 Å². The molecule has 0 saturated carbocycles. The highest BCUT2D eigenvalue weighted by Gasteiger charge is 2.31. The molecule has 0 saturated heterocycles. The molecular weight excluding hydrogens is 482 g/mol. The average Bonchev–Trinajstić information content (AvgIpc) is 2.82. The third-order valence-corrected chi connectivity index (χ3v) is 6.24. The molecule has 1 aromatic rings. The molecule has 2 N–H and O–H groups in total. The Balaban J connectivity index is 3.16. The Labute approximate surface area is 219 Å². The van der Waals surface area contributed by atoms with Gasteiger partial charge in [0.05, 0.1) is 17.4 Å². The molecule has 0 aliphatic heterocycles. The number of rotatable bonds is 14. The Bertz CT molecular complexity index is 955. The standard InChI is InChI=1S/C27H41NO9/c1-9-26(5,6)23(31)36-20-13-12-18(15-21(20)37-24(32)27(7,8)10-2)14-19(22(29)30)28-16-17(4)35-25(33)34-11-3/h12-13,15,17,19,28H,9-11,14,16H2,1-8H3,(H,29,30)/t17?,19-/m0/s1. The third kappa shape index (κ3) is 10.0. The average molecular weight is 524 g/mol. The van der Waals surface area contributed by atoms with Crippen molar-refractivity contribution >= 4 is 24.1 Å². The molecule has 37 heavy (non-hydrogen) atoms. The van der Waals surface area contributed by atoms with E-state index in [1.165, 1.54) is 12.1 Å². The lowest BCUT2D eigenvalue weighted by atomic mass is 9.90. The van der Waals surface area contributed by atoms with Gasteiger partial charge < -0.3 is 29.4 Å². The van der Waals surface area contributed by atoms with Crippen LogP contribution in [0.1, 0.15) is 73.8 Å². The molecule has 0 aliphatic carbocycles. The molecule has 0 bridgehead atoms. The van der Waals surface area contributed by atoms with Crippen molar-refractivity contribution in [2.75, 3.05) is 13.2 Å². The predicted molar refractivity (Wildman–Crippen MR) is 137 cm³/mol. The monoisotopic (exact) mass is 523 g/mol. The van der Waals surface area contributed by atoms with Gasteiger partial charge in [-0.25, -0.2) is 4.79 Å². The lowest BCUT2D eigenvalue weighted by Gasteiger charge is -2.24. The summed E-state index contributed by atoms with van der Waals surface area (Å²) in [6.07, 6.45) is -0.358. The highest BCUT2D eigenvalue weighted by molar-refractivity contribution is 5.81. The molecule has 0 heterocycles. The summed E-state index contributed by atoms with van der Waals surface area (Å²) in [5.74, 6) is -1.99. The van der Waals surface area contributed by atoms with Crippen molar-refractivity contribution in [1.29, 1.82) is 0 Å². The van der Waals surface area contributed by atoms with Crippen LogP contribution in [0.4, 0.5) is 4.79 Å². The SMILES string of the molecule is CCOC(=O)OC(C)CN[C@@H](Cc1ccc(OC(=O)C(C)(C)CC)c(OC(=O)C(C)(C)CC)c1)C(=O)O. The molecule has 1 unspecified atom stereocenters. The van der Waals surface area contributed by atoms with Crippen LogP contribution < -0.4 is 14.8 Å². The van der Waals surface area contributed by atoms with Crippen LogP contribution in [0.15, 0.2) is 18.2 Å². The summed E-state index contributed by atoms with van der Waals surface area (Å²) in [7, 11) is 0. The van der Waals surface area contributed by atoms with Crippen LogP contribution in [-0.4, -0.2) is 54.5 Å². The molecule has 0 aliphatic rings. The number of carboxylic acid groups (broad SMARTS) is 1. The van der Waals surface area contributed by atoms with E-state index >= 15 is 0 Å². The Morgan fingerprint density at radius 3 is 1.95 bits per heavy atom. The van der Waals surface area contributed by atoms with Gasteiger partial charge >= 0.3 is 24.1 Å². The van der Waals surface area contributed by atoms with Gasteiger partial charge in [0, 0.05) is 6.54 Å². The van der Waals surface area contributed by atoms with Crippen LogP contribution in [0.5, 0.6) is 11.5 Å². The minimum absolute atomic E-state index is 0.0257. The molecule has 0 aromatic heterocycles.